The van der Waals surface area contributed by atoms with E-state index in [4.69, 9.17) is 18.9 Å². The number of aromatic nitrogens is 4. The number of unbranched alkanes of at least 4 members (excludes halogenated alkanes) is 6. The molecule has 0 fully saturated rings. The molecule has 0 radical (unpaired) electrons. The van der Waals surface area contributed by atoms with Gasteiger partial charge in [0.25, 0.3) is 5.56 Å². The van der Waals surface area contributed by atoms with Gasteiger partial charge in [0.05, 0.1) is 34.2 Å². The number of aryl methyl sites for hydroxylation is 3. The molecule has 13 heteroatoms. The molecular formula is C32H47N5O8. The van der Waals surface area contributed by atoms with E-state index in [1.165, 1.54) is 23.2 Å². The van der Waals surface area contributed by atoms with Gasteiger partial charge in [0.2, 0.25) is 11.7 Å². The second kappa shape index (κ2) is 17.3. The normalized spacial score (nSPS) is 11.8. The van der Waals surface area contributed by atoms with Gasteiger partial charge in [-0.3, -0.25) is 23.5 Å². The smallest absolute Gasteiger partial charge is 0.332 e. The summed E-state index contributed by atoms with van der Waals surface area (Å²) in [6.07, 6.45) is 9.12. The van der Waals surface area contributed by atoms with E-state index in [1.807, 2.05) is 12.1 Å². The number of rotatable bonds is 19. The third-order valence-electron chi connectivity index (χ3n) is 7.83. The van der Waals surface area contributed by atoms with Gasteiger partial charge in [-0.2, -0.15) is 0 Å². The van der Waals surface area contributed by atoms with Gasteiger partial charge in [0.15, 0.2) is 22.7 Å². The summed E-state index contributed by atoms with van der Waals surface area (Å²) in [7, 11) is 8.01. The first kappa shape index (κ1) is 35.2. The SMILES string of the molecule is COc1cc(CCC(=O)NCC(CCCCCCCCCn2c(=O)c3c(ncn3C)n(C)c2=O)OC(C)=O)cc(OC)c1OC. The molecule has 3 aromatic rings. The number of amides is 1. The molecule has 2 heterocycles. The molecule has 0 bridgehead atoms. The van der Waals surface area contributed by atoms with Gasteiger partial charge >= 0.3 is 11.7 Å². The van der Waals surface area contributed by atoms with E-state index in [-0.39, 0.29) is 42.2 Å². The molecule has 0 saturated carbocycles. The zero-order chi connectivity index (χ0) is 32.9. The second-order valence-electron chi connectivity index (χ2n) is 11.2. The minimum absolute atomic E-state index is 0.138. The quantitative estimate of drug-likeness (QED) is 0.156. The van der Waals surface area contributed by atoms with Crippen LogP contribution in [0.5, 0.6) is 17.2 Å². The van der Waals surface area contributed by atoms with Crippen molar-refractivity contribution in [2.45, 2.75) is 83.8 Å². The molecule has 0 spiro atoms. The standard InChI is InChI=1S/C32H47N5O8/c1-22(38)45-24(20-33-27(39)16-15-23-18-25(42-4)29(44-6)26(19-23)43-5)14-12-10-8-7-9-11-13-17-37-31(40)28-30(34-21-35(28)2)36(3)32(37)41/h18-19,21,24H,7-17,20H2,1-6H3,(H,33,39). The zero-order valence-electron chi connectivity index (χ0n) is 27.3. The maximum atomic E-state index is 12.8. The van der Waals surface area contributed by atoms with E-state index in [2.05, 4.69) is 10.3 Å². The first-order chi connectivity index (χ1) is 21.6. The molecule has 1 atom stereocenters. The highest BCUT2D eigenvalue weighted by Crippen LogP contribution is 2.38. The van der Waals surface area contributed by atoms with E-state index >= 15 is 0 Å². The summed E-state index contributed by atoms with van der Waals surface area (Å²) in [4.78, 5) is 53.8. The van der Waals surface area contributed by atoms with Crippen LogP contribution < -0.4 is 30.8 Å². The predicted octanol–water partition coefficient (Wildman–Crippen LogP) is 3.26. The van der Waals surface area contributed by atoms with Gasteiger partial charge in [-0.1, -0.05) is 32.1 Å². The number of hydrogen-bond acceptors (Lipinski definition) is 9. The average molecular weight is 630 g/mol. The fraction of sp³-hybridized carbons (Fsp3) is 0.594. The van der Waals surface area contributed by atoms with Crippen molar-refractivity contribution in [3.63, 3.8) is 0 Å². The fourth-order valence-electron chi connectivity index (χ4n) is 5.41. The van der Waals surface area contributed by atoms with Crippen molar-refractivity contribution >= 4 is 23.0 Å². The van der Waals surface area contributed by atoms with Crippen LogP contribution in [0.4, 0.5) is 0 Å². The third-order valence-corrected chi connectivity index (χ3v) is 7.83. The Morgan fingerprint density at radius 1 is 0.911 bits per heavy atom. The molecule has 1 amide bonds. The number of nitrogens with zero attached hydrogens (tertiary/aromatic N) is 4. The lowest BCUT2D eigenvalue weighted by Crippen LogP contribution is -2.39. The molecule has 1 N–H and O–H groups in total. The number of hydrogen-bond donors (Lipinski definition) is 1. The molecule has 13 nitrogen and oxygen atoms in total. The summed E-state index contributed by atoms with van der Waals surface area (Å²) in [6.45, 7) is 2.01. The highest BCUT2D eigenvalue weighted by Gasteiger charge is 2.17. The molecule has 0 aliphatic heterocycles. The summed E-state index contributed by atoms with van der Waals surface area (Å²) >= 11 is 0. The van der Waals surface area contributed by atoms with Crippen molar-refractivity contribution in [1.82, 2.24) is 24.0 Å². The molecule has 2 aromatic heterocycles. The van der Waals surface area contributed by atoms with Crippen LogP contribution in [0.2, 0.25) is 0 Å². The van der Waals surface area contributed by atoms with Crippen LogP contribution in [-0.2, 0) is 41.4 Å². The molecular weight excluding hydrogens is 582 g/mol. The number of esters is 1. The minimum Gasteiger partial charge on any atom is -0.493 e. The van der Waals surface area contributed by atoms with E-state index in [0.29, 0.717) is 47.8 Å². The number of nitrogens with one attached hydrogen (secondary N) is 1. The number of fused-ring (bicyclic) bond motifs is 1. The molecule has 0 saturated heterocycles. The number of benzene rings is 1. The first-order valence-corrected chi connectivity index (χ1v) is 15.4. The van der Waals surface area contributed by atoms with Crippen molar-refractivity contribution in [3.05, 3.63) is 44.9 Å². The van der Waals surface area contributed by atoms with Gasteiger partial charge in [0.1, 0.15) is 6.10 Å². The van der Waals surface area contributed by atoms with Crippen molar-refractivity contribution < 1.29 is 28.5 Å². The van der Waals surface area contributed by atoms with Crippen molar-refractivity contribution in [2.24, 2.45) is 14.1 Å². The van der Waals surface area contributed by atoms with Crippen LogP contribution >= 0.6 is 0 Å². The fourth-order valence-corrected chi connectivity index (χ4v) is 5.41. The Balaban J connectivity index is 1.35. The van der Waals surface area contributed by atoms with Crippen LogP contribution in [0.1, 0.15) is 70.3 Å². The number of methoxy groups -OCH3 is 3. The Morgan fingerprint density at radius 3 is 2.13 bits per heavy atom. The summed E-state index contributed by atoms with van der Waals surface area (Å²) in [6, 6.07) is 3.64. The highest BCUT2D eigenvalue weighted by atomic mass is 16.5. The van der Waals surface area contributed by atoms with Crippen LogP contribution in [0.3, 0.4) is 0 Å². The summed E-state index contributed by atoms with van der Waals surface area (Å²) < 4.78 is 25.9. The molecule has 45 heavy (non-hydrogen) atoms. The van der Waals surface area contributed by atoms with E-state index in [0.717, 1.165) is 50.5 Å². The van der Waals surface area contributed by atoms with E-state index in [9.17, 15) is 19.2 Å². The number of carbonyl (C=O) groups is 2. The average Bonchev–Trinajstić information content (AvgIpc) is 3.42. The second-order valence-corrected chi connectivity index (χ2v) is 11.2. The van der Waals surface area contributed by atoms with Crippen molar-refractivity contribution in [1.29, 1.82) is 0 Å². The van der Waals surface area contributed by atoms with Gasteiger partial charge in [0, 0.05) is 34.0 Å². The van der Waals surface area contributed by atoms with Gasteiger partial charge < -0.3 is 28.8 Å². The van der Waals surface area contributed by atoms with E-state index in [1.54, 1.807) is 39.2 Å². The minimum atomic E-state index is -0.384. The van der Waals surface area contributed by atoms with Crippen LogP contribution in [0.15, 0.2) is 28.0 Å². The van der Waals surface area contributed by atoms with Crippen LogP contribution in [0.25, 0.3) is 11.2 Å². The number of carbonyl (C=O) groups excluding carboxylic acids is 2. The summed E-state index contributed by atoms with van der Waals surface area (Å²) in [5.74, 6) is 1.05. The summed E-state index contributed by atoms with van der Waals surface area (Å²) in [5, 5.41) is 2.89. The third kappa shape index (κ3) is 9.60. The number of imidazole rings is 1. The molecule has 0 aliphatic rings. The topological polar surface area (TPSA) is 145 Å². The monoisotopic (exact) mass is 629 g/mol. The summed E-state index contributed by atoms with van der Waals surface area (Å²) in [5.41, 5.74) is 1.06. The van der Waals surface area contributed by atoms with Crippen LogP contribution in [0, 0.1) is 0 Å². The Bertz CT molecular complexity index is 1530. The van der Waals surface area contributed by atoms with Gasteiger partial charge in [-0.15, -0.1) is 0 Å². The van der Waals surface area contributed by atoms with Gasteiger partial charge in [-0.25, -0.2) is 9.78 Å². The Labute approximate surface area is 263 Å². The first-order valence-electron chi connectivity index (χ1n) is 15.4. The maximum Gasteiger partial charge on any atom is 0.332 e. The molecule has 1 aromatic carbocycles. The van der Waals surface area contributed by atoms with E-state index < -0.39 is 0 Å². The lowest BCUT2D eigenvalue weighted by atomic mass is 10.1. The highest BCUT2D eigenvalue weighted by molar-refractivity contribution is 5.76. The van der Waals surface area contributed by atoms with Gasteiger partial charge in [-0.05, 0) is 43.4 Å². The lowest BCUT2D eigenvalue weighted by Gasteiger charge is -2.18. The molecule has 3 rings (SSSR count). The van der Waals surface area contributed by atoms with Crippen molar-refractivity contribution in [2.75, 3.05) is 27.9 Å². The van der Waals surface area contributed by atoms with Crippen molar-refractivity contribution in [3.8, 4) is 17.2 Å². The largest absolute Gasteiger partial charge is 0.493 e. The maximum absolute atomic E-state index is 12.8. The Morgan fingerprint density at radius 2 is 1.53 bits per heavy atom. The molecule has 248 valence electrons. The lowest BCUT2D eigenvalue weighted by molar-refractivity contribution is -0.147. The Kier molecular flexibility index (Phi) is 13.5. The molecule has 0 aliphatic carbocycles. The number of ether oxygens (including phenoxy) is 4. The molecule has 1 unspecified atom stereocenters. The Hall–Kier alpha value is -4.29. The predicted molar refractivity (Wildman–Crippen MR) is 170 cm³/mol. The zero-order valence-corrected chi connectivity index (χ0v) is 27.3. The van der Waals surface area contributed by atoms with Crippen LogP contribution in [-0.4, -0.2) is 64.5 Å².